The van der Waals surface area contributed by atoms with Crippen LogP contribution in [0.5, 0.6) is 0 Å². The topological polar surface area (TPSA) is 59.9 Å². The lowest BCUT2D eigenvalue weighted by atomic mass is 9.86. The van der Waals surface area contributed by atoms with E-state index in [0.717, 1.165) is 43.6 Å². The largest absolute Gasteiger partial charge is 0.367 e. The first kappa shape index (κ1) is 12.9. The van der Waals surface area contributed by atoms with Crippen molar-refractivity contribution in [2.75, 3.05) is 19.7 Å². The van der Waals surface area contributed by atoms with E-state index in [1.807, 2.05) is 6.20 Å². The van der Waals surface area contributed by atoms with E-state index in [9.17, 15) is 0 Å². The van der Waals surface area contributed by atoms with Crippen molar-refractivity contribution in [1.82, 2.24) is 20.5 Å². The van der Waals surface area contributed by atoms with Gasteiger partial charge in [0.25, 0.3) is 0 Å². The minimum atomic E-state index is -0.0347. The van der Waals surface area contributed by atoms with Crippen molar-refractivity contribution in [2.45, 2.75) is 44.6 Å². The predicted octanol–water partition coefficient (Wildman–Crippen LogP) is 1.66. The number of hydrogen-bond acceptors (Lipinski definition) is 5. The van der Waals surface area contributed by atoms with Crippen molar-refractivity contribution in [3.8, 4) is 0 Å². The van der Waals surface area contributed by atoms with Crippen molar-refractivity contribution < 1.29 is 4.74 Å². The maximum atomic E-state index is 5.68. The third-order valence-electron chi connectivity index (χ3n) is 4.06. The van der Waals surface area contributed by atoms with Crippen molar-refractivity contribution in [1.29, 1.82) is 0 Å². The quantitative estimate of drug-likeness (QED) is 0.897. The summed E-state index contributed by atoms with van der Waals surface area (Å²) in [6, 6.07) is 0. The van der Waals surface area contributed by atoms with E-state index in [-0.39, 0.29) is 6.10 Å². The number of ether oxygens (including phenoxy) is 1. The number of morpholine rings is 1. The Hall–Kier alpha value is -1.07. The van der Waals surface area contributed by atoms with E-state index in [1.165, 1.54) is 32.1 Å². The van der Waals surface area contributed by atoms with Gasteiger partial charge >= 0.3 is 0 Å². The molecule has 104 valence electrons. The van der Waals surface area contributed by atoms with Gasteiger partial charge in [0.1, 0.15) is 6.10 Å². The second-order valence-electron chi connectivity index (χ2n) is 5.58. The molecule has 5 nitrogen and oxygen atoms in total. The van der Waals surface area contributed by atoms with Crippen LogP contribution in [0, 0.1) is 5.92 Å². The van der Waals surface area contributed by atoms with Crippen LogP contribution in [-0.2, 0) is 11.2 Å². The third kappa shape index (κ3) is 3.48. The second-order valence-corrected chi connectivity index (χ2v) is 5.58. The van der Waals surface area contributed by atoms with Gasteiger partial charge in [-0.2, -0.15) is 5.10 Å². The molecule has 1 aliphatic heterocycles. The number of hydrogen-bond donors (Lipinski definition) is 1. The summed E-state index contributed by atoms with van der Waals surface area (Å²) in [6.07, 6.45) is 9.62. The standard InChI is InChI=1S/C14H22N4O/c1-2-4-11(5-3-1)8-12-9-16-18-14(17-12)13-10-15-6-7-19-13/h9,11,13,15H,1-8,10H2. The summed E-state index contributed by atoms with van der Waals surface area (Å²) in [7, 11) is 0. The molecule has 1 atom stereocenters. The molecule has 1 aromatic rings. The van der Waals surface area contributed by atoms with E-state index in [1.54, 1.807) is 0 Å². The Balaban J connectivity index is 1.64. The molecule has 5 heteroatoms. The minimum Gasteiger partial charge on any atom is -0.367 e. The first-order valence-corrected chi connectivity index (χ1v) is 7.42. The van der Waals surface area contributed by atoms with E-state index in [0.29, 0.717) is 0 Å². The summed E-state index contributed by atoms with van der Waals surface area (Å²) in [5.41, 5.74) is 1.08. The summed E-state index contributed by atoms with van der Waals surface area (Å²) >= 11 is 0. The molecule has 2 fully saturated rings. The zero-order valence-electron chi connectivity index (χ0n) is 11.3. The van der Waals surface area contributed by atoms with Crippen LogP contribution < -0.4 is 5.32 Å². The van der Waals surface area contributed by atoms with Gasteiger partial charge in [-0.25, -0.2) is 4.98 Å². The van der Waals surface area contributed by atoms with Gasteiger partial charge < -0.3 is 10.1 Å². The monoisotopic (exact) mass is 262 g/mol. The highest BCUT2D eigenvalue weighted by atomic mass is 16.5. The molecule has 0 bridgehead atoms. The minimum absolute atomic E-state index is 0.0347. The lowest BCUT2D eigenvalue weighted by molar-refractivity contribution is 0.0213. The van der Waals surface area contributed by atoms with Crippen molar-refractivity contribution in [3.63, 3.8) is 0 Å². The Morgan fingerprint density at radius 1 is 1.26 bits per heavy atom. The molecular weight excluding hydrogens is 240 g/mol. The van der Waals surface area contributed by atoms with Crippen LogP contribution in [0.25, 0.3) is 0 Å². The van der Waals surface area contributed by atoms with Crippen molar-refractivity contribution in [3.05, 3.63) is 17.7 Å². The molecule has 0 aromatic carbocycles. The fourth-order valence-corrected chi connectivity index (χ4v) is 3.01. The summed E-state index contributed by atoms with van der Waals surface area (Å²) in [5, 5.41) is 11.5. The molecule has 1 aromatic heterocycles. The van der Waals surface area contributed by atoms with E-state index in [4.69, 9.17) is 4.74 Å². The molecule has 2 heterocycles. The fraction of sp³-hybridized carbons (Fsp3) is 0.786. The third-order valence-corrected chi connectivity index (χ3v) is 4.06. The highest BCUT2D eigenvalue weighted by Gasteiger charge is 2.20. The van der Waals surface area contributed by atoms with Crippen molar-refractivity contribution in [2.24, 2.45) is 5.92 Å². The van der Waals surface area contributed by atoms with Gasteiger partial charge in [-0.1, -0.05) is 32.1 Å². The maximum absolute atomic E-state index is 5.68. The first-order chi connectivity index (χ1) is 9.42. The second kappa shape index (κ2) is 6.39. The first-order valence-electron chi connectivity index (χ1n) is 7.42. The molecule has 0 radical (unpaired) electrons. The van der Waals surface area contributed by atoms with Gasteiger partial charge in [0.05, 0.1) is 18.5 Å². The van der Waals surface area contributed by atoms with E-state index in [2.05, 4.69) is 20.5 Å². The Labute approximate surface area is 114 Å². The lowest BCUT2D eigenvalue weighted by Gasteiger charge is -2.23. The number of nitrogens with one attached hydrogen (secondary N) is 1. The average Bonchev–Trinajstić information content (AvgIpc) is 2.49. The lowest BCUT2D eigenvalue weighted by Crippen LogP contribution is -2.34. The Morgan fingerprint density at radius 2 is 2.16 bits per heavy atom. The van der Waals surface area contributed by atoms with Crippen LogP contribution >= 0.6 is 0 Å². The van der Waals surface area contributed by atoms with E-state index < -0.39 is 0 Å². The molecule has 1 unspecified atom stereocenters. The zero-order valence-corrected chi connectivity index (χ0v) is 11.3. The van der Waals surface area contributed by atoms with Crippen LogP contribution in [0.3, 0.4) is 0 Å². The van der Waals surface area contributed by atoms with Gasteiger partial charge in [-0.15, -0.1) is 5.10 Å². The molecule has 0 amide bonds. The molecule has 1 aliphatic carbocycles. The molecule has 2 aliphatic rings. The number of aromatic nitrogens is 3. The number of rotatable bonds is 3. The van der Waals surface area contributed by atoms with Gasteiger partial charge in [0.15, 0.2) is 5.82 Å². The van der Waals surface area contributed by atoms with Crippen LogP contribution in [0.4, 0.5) is 0 Å². The predicted molar refractivity (Wildman–Crippen MR) is 71.7 cm³/mol. The molecule has 0 spiro atoms. The van der Waals surface area contributed by atoms with Crippen LogP contribution in [0.15, 0.2) is 6.20 Å². The highest BCUT2D eigenvalue weighted by Crippen LogP contribution is 2.26. The molecule has 3 rings (SSSR count). The molecule has 1 saturated heterocycles. The maximum Gasteiger partial charge on any atom is 0.181 e. The average molecular weight is 262 g/mol. The van der Waals surface area contributed by atoms with E-state index >= 15 is 0 Å². The Morgan fingerprint density at radius 3 is 2.95 bits per heavy atom. The van der Waals surface area contributed by atoms with Gasteiger partial charge in [0.2, 0.25) is 0 Å². The van der Waals surface area contributed by atoms with Gasteiger partial charge in [-0.3, -0.25) is 0 Å². The normalized spacial score (nSPS) is 25.4. The molecular formula is C14H22N4O. The van der Waals surface area contributed by atoms with Gasteiger partial charge in [-0.05, 0) is 12.3 Å². The summed E-state index contributed by atoms with van der Waals surface area (Å²) < 4.78 is 5.68. The molecule has 1 N–H and O–H groups in total. The van der Waals surface area contributed by atoms with Crippen molar-refractivity contribution >= 4 is 0 Å². The fourth-order valence-electron chi connectivity index (χ4n) is 3.01. The van der Waals surface area contributed by atoms with Gasteiger partial charge in [0, 0.05) is 13.1 Å². The Bertz CT molecular complexity index is 400. The molecule has 1 saturated carbocycles. The zero-order chi connectivity index (χ0) is 12.9. The SMILES string of the molecule is c1nnc(C2CNCCO2)nc1CC1CCCCC1. The summed E-state index contributed by atoms with van der Waals surface area (Å²) in [6.45, 7) is 2.42. The van der Waals surface area contributed by atoms with Crippen LogP contribution in [0.2, 0.25) is 0 Å². The number of nitrogens with zero attached hydrogens (tertiary/aromatic N) is 3. The molecule has 19 heavy (non-hydrogen) atoms. The Kier molecular flexibility index (Phi) is 4.35. The highest BCUT2D eigenvalue weighted by molar-refractivity contribution is 5.01. The summed E-state index contributed by atoms with van der Waals surface area (Å²) in [4.78, 5) is 4.65. The summed E-state index contributed by atoms with van der Waals surface area (Å²) in [5.74, 6) is 1.52. The smallest absolute Gasteiger partial charge is 0.181 e. The van der Waals surface area contributed by atoms with Crippen LogP contribution in [0.1, 0.15) is 49.7 Å². The van der Waals surface area contributed by atoms with Crippen LogP contribution in [-0.4, -0.2) is 34.9 Å².